The fourth-order valence-electron chi connectivity index (χ4n) is 2.63. The largest absolute Gasteiger partial charge is 0.505 e. The minimum atomic E-state index is -0.562. The van der Waals surface area contributed by atoms with E-state index in [1.54, 1.807) is 6.07 Å². The first-order valence-electron chi connectivity index (χ1n) is 7.34. The highest BCUT2D eigenvalue weighted by Crippen LogP contribution is 2.18. The zero-order valence-electron chi connectivity index (χ0n) is 13.0. The van der Waals surface area contributed by atoms with Crippen molar-refractivity contribution in [3.8, 4) is 5.75 Å². The summed E-state index contributed by atoms with van der Waals surface area (Å²) < 4.78 is 13.2. The Hall–Kier alpha value is -1.13. The molecule has 0 aliphatic carbocycles. The van der Waals surface area contributed by atoms with E-state index < -0.39 is 5.82 Å². The third-order valence-corrected chi connectivity index (χ3v) is 3.95. The number of phenolic OH excluding ortho intramolecular Hbond substituents is 1. The van der Waals surface area contributed by atoms with E-state index in [2.05, 4.69) is 38.2 Å². The molecular formula is C16H27FN2O. The van der Waals surface area contributed by atoms with Crippen molar-refractivity contribution in [2.45, 2.75) is 39.3 Å². The lowest BCUT2D eigenvalue weighted by molar-refractivity contribution is 0.194. The van der Waals surface area contributed by atoms with Gasteiger partial charge < -0.3 is 15.3 Å². The van der Waals surface area contributed by atoms with Gasteiger partial charge in [0.2, 0.25) is 0 Å². The maximum atomic E-state index is 13.2. The highest BCUT2D eigenvalue weighted by Gasteiger charge is 2.19. The number of nitrogens with one attached hydrogen (secondary N) is 1. The van der Waals surface area contributed by atoms with E-state index in [9.17, 15) is 4.39 Å². The Kier molecular flexibility index (Phi) is 6.96. The highest BCUT2D eigenvalue weighted by molar-refractivity contribution is 5.27. The maximum Gasteiger partial charge on any atom is 0.165 e. The molecule has 3 nitrogen and oxygen atoms in total. The van der Waals surface area contributed by atoms with Crippen molar-refractivity contribution in [1.82, 2.24) is 10.2 Å². The smallest absolute Gasteiger partial charge is 0.165 e. The molecule has 0 fully saturated rings. The summed E-state index contributed by atoms with van der Waals surface area (Å²) in [5.74, 6) is -0.195. The minimum Gasteiger partial charge on any atom is -0.505 e. The van der Waals surface area contributed by atoms with Gasteiger partial charge in [-0.2, -0.15) is 0 Å². The number of benzene rings is 1. The van der Waals surface area contributed by atoms with E-state index in [0.29, 0.717) is 18.5 Å². The van der Waals surface area contributed by atoms with Crippen molar-refractivity contribution in [2.75, 3.05) is 20.6 Å². The summed E-state index contributed by atoms with van der Waals surface area (Å²) in [6.07, 6.45) is 2.32. The molecular weight excluding hydrogens is 255 g/mol. The first-order chi connectivity index (χ1) is 9.49. The van der Waals surface area contributed by atoms with E-state index in [1.165, 1.54) is 12.1 Å². The van der Waals surface area contributed by atoms with Crippen molar-refractivity contribution >= 4 is 0 Å². The molecule has 0 bridgehead atoms. The second kappa shape index (κ2) is 8.22. The van der Waals surface area contributed by atoms with Crippen LogP contribution in [-0.2, 0) is 6.54 Å². The van der Waals surface area contributed by atoms with Crippen LogP contribution in [0.2, 0.25) is 0 Å². The molecule has 1 atom stereocenters. The van der Waals surface area contributed by atoms with Gasteiger partial charge in [-0.05, 0) is 37.7 Å². The lowest BCUT2D eigenvalue weighted by atomic mass is 9.93. The lowest BCUT2D eigenvalue weighted by Crippen LogP contribution is -2.42. The fourth-order valence-corrected chi connectivity index (χ4v) is 2.63. The van der Waals surface area contributed by atoms with Crippen molar-refractivity contribution in [3.63, 3.8) is 0 Å². The average molecular weight is 282 g/mol. The molecule has 1 rings (SSSR count). The van der Waals surface area contributed by atoms with Crippen LogP contribution in [0.4, 0.5) is 4.39 Å². The summed E-state index contributed by atoms with van der Waals surface area (Å²) in [4.78, 5) is 2.25. The Labute approximate surface area is 121 Å². The number of phenols is 1. The fraction of sp³-hybridized carbons (Fsp3) is 0.625. The third-order valence-electron chi connectivity index (χ3n) is 3.95. The summed E-state index contributed by atoms with van der Waals surface area (Å²) in [5.41, 5.74) is 0.849. The monoisotopic (exact) mass is 282 g/mol. The molecule has 4 heteroatoms. The summed E-state index contributed by atoms with van der Waals surface area (Å²) in [7, 11) is 4.20. The van der Waals surface area contributed by atoms with E-state index in [4.69, 9.17) is 5.11 Å². The zero-order valence-corrected chi connectivity index (χ0v) is 13.0. The van der Waals surface area contributed by atoms with Gasteiger partial charge in [0.1, 0.15) is 0 Å². The number of aromatic hydroxyl groups is 1. The topological polar surface area (TPSA) is 35.5 Å². The SMILES string of the molecule is CCC(CC)C(CNCc1ccc(O)c(F)c1)N(C)C. The molecule has 2 N–H and O–H groups in total. The lowest BCUT2D eigenvalue weighted by Gasteiger charge is -2.31. The molecule has 0 heterocycles. The standard InChI is InChI=1S/C16H27FN2O/c1-5-13(6-2)15(19(3)4)11-18-10-12-7-8-16(20)14(17)9-12/h7-9,13,15,18,20H,5-6,10-11H2,1-4H3. The maximum absolute atomic E-state index is 13.2. The second-order valence-electron chi connectivity index (χ2n) is 5.52. The Morgan fingerprint density at radius 3 is 2.40 bits per heavy atom. The van der Waals surface area contributed by atoms with Crippen LogP contribution in [0.3, 0.4) is 0 Å². The predicted molar refractivity (Wildman–Crippen MR) is 81.3 cm³/mol. The molecule has 0 saturated carbocycles. The van der Waals surface area contributed by atoms with Crippen LogP contribution in [0.25, 0.3) is 0 Å². The Morgan fingerprint density at radius 1 is 1.25 bits per heavy atom. The summed E-state index contributed by atoms with van der Waals surface area (Å²) in [6.45, 7) is 5.93. The molecule has 1 unspecified atom stereocenters. The van der Waals surface area contributed by atoms with Crippen molar-refractivity contribution in [2.24, 2.45) is 5.92 Å². The van der Waals surface area contributed by atoms with Crippen LogP contribution in [0, 0.1) is 11.7 Å². The quantitative estimate of drug-likeness (QED) is 0.769. The number of nitrogens with zero attached hydrogens (tertiary/aromatic N) is 1. The number of rotatable bonds is 8. The molecule has 0 radical (unpaired) electrons. The van der Waals surface area contributed by atoms with Crippen LogP contribution < -0.4 is 5.32 Å². The third kappa shape index (κ3) is 4.76. The second-order valence-corrected chi connectivity index (χ2v) is 5.52. The highest BCUT2D eigenvalue weighted by atomic mass is 19.1. The van der Waals surface area contributed by atoms with E-state index >= 15 is 0 Å². The first-order valence-corrected chi connectivity index (χ1v) is 7.34. The summed E-state index contributed by atoms with van der Waals surface area (Å²) in [6, 6.07) is 5.00. The Morgan fingerprint density at radius 2 is 1.90 bits per heavy atom. The van der Waals surface area contributed by atoms with Gasteiger partial charge in [-0.25, -0.2) is 4.39 Å². The van der Waals surface area contributed by atoms with Gasteiger partial charge in [-0.1, -0.05) is 32.8 Å². The van der Waals surface area contributed by atoms with Gasteiger partial charge in [0.15, 0.2) is 11.6 Å². The Bertz CT molecular complexity index is 405. The van der Waals surface area contributed by atoms with Crippen LogP contribution in [0.5, 0.6) is 5.75 Å². The van der Waals surface area contributed by atoms with E-state index in [-0.39, 0.29) is 5.75 Å². The number of hydrogen-bond donors (Lipinski definition) is 2. The van der Waals surface area contributed by atoms with E-state index in [1.807, 2.05) is 0 Å². The minimum absolute atomic E-state index is 0.294. The molecule has 0 spiro atoms. The van der Waals surface area contributed by atoms with E-state index in [0.717, 1.165) is 24.9 Å². The van der Waals surface area contributed by atoms with Crippen LogP contribution in [-0.4, -0.2) is 36.7 Å². The predicted octanol–water partition coefficient (Wildman–Crippen LogP) is 2.99. The van der Waals surface area contributed by atoms with Crippen molar-refractivity contribution in [1.29, 1.82) is 0 Å². The molecule has 0 aromatic heterocycles. The van der Waals surface area contributed by atoms with Crippen molar-refractivity contribution in [3.05, 3.63) is 29.6 Å². The van der Waals surface area contributed by atoms with Crippen LogP contribution in [0.15, 0.2) is 18.2 Å². The van der Waals surface area contributed by atoms with Gasteiger partial charge in [-0.15, -0.1) is 0 Å². The molecule has 1 aromatic rings. The van der Waals surface area contributed by atoms with Crippen LogP contribution in [0.1, 0.15) is 32.3 Å². The number of likely N-dealkylation sites (N-methyl/N-ethyl adjacent to an activating group) is 1. The van der Waals surface area contributed by atoms with Gasteiger partial charge in [0.25, 0.3) is 0 Å². The van der Waals surface area contributed by atoms with Crippen LogP contribution >= 0.6 is 0 Å². The van der Waals surface area contributed by atoms with Gasteiger partial charge in [0, 0.05) is 19.1 Å². The zero-order chi connectivity index (χ0) is 15.1. The normalized spacial score (nSPS) is 13.2. The van der Waals surface area contributed by atoms with Gasteiger partial charge in [-0.3, -0.25) is 0 Å². The molecule has 0 amide bonds. The number of hydrogen-bond acceptors (Lipinski definition) is 3. The van der Waals surface area contributed by atoms with Crippen molar-refractivity contribution < 1.29 is 9.50 Å². The van der Waals surface area contributed by atoms with Gasteiger partial charge in [0.05, 0.1) is 0 Å². The first kappa shape index (κ1) is 16.9. The van der Waals surface area contributed by atoms with Gasteiger partial charge >= 0.3 is 0 Å². The Balaban J connectivity index is 2.53. The molecule has 0 saturated heterocycles. The number of halogens is 1. The molecule has 0 aliphatic heterocycles. The molecule has 20 heavy (non-hydrogen) atoms. The summed E-state index contributed by atoms with van der Waals surface area (Å²) in [5, 5.41) is 12.6. The molecule has 0 aliphatic rings. The summed E-state index contributed by atoms with van der Waals surface area (Å²) >= 11 is 0. The molecule has 114 valence electrons. The molecule has 1 aromatic carbocycles. The average Bonchev–Trinajstić information content (AvgIpc) is 2.42.